The lowest BCUT2D eigenvalue weighted by atomic mass is 10.0. The standard InChI is InChI=1S/C19H21N3O5/c1-11-4-5-17(26-3)15(6-11)22-9-13(7-18(22)24)19(25)27-10-16(23)14(8-20)12(2)21/h4-6,13-14,21H,7,9-10H2,1-3H3/t13-,14+/m0/s1. The fourth-order valence-electron chi connectivity index (χ4n) is 2.86. The van der Waals surface area contributed by atoms with Crippen molar-refractivity contribution in [2.24, 2.45) is 11.8 Å². The number of ether oxygens (including phenoxy) is 2. The van der Waals surface area contributed by atoms with Crippen LogP contribution in [0.5, 0.6) is 5.75 Å². The fraction of sp³-hybridized carbons (Fsp3) is 0.421. The van der Waals surface area contributed by atoms with Gasteiger partial charge in [-0.1, -0.05) is 6.07 Å². The highest BCUT2D eigenvalue weighted by atomic mass is 16.5. The van der Waals surface area contributed by atoms with Crippen molar-refractivity contribution in [2.45, 2.75) is 20.3 Å². The second-order valence-electron chi connectivity index (χ2n) is 6.40. The summed E-state index contributed by atoms with van der Waals surface area (Å²) in [5.74, 6) is -2.98. The summed E-state index contributed by atoms with van der Waals surface area (Å²) in [7, 11) is 1.50. The summed E-state index contributed by atoms with van der Waals surface area (Å²) in [6.07, 6.45) is -0.0323. The van der Waals surface area contributed by atoms with Gasteiger partial charge in [0, 0.05) is 18.7 Å². The van der Waals surface area contributed by atoms with E-state index in [1.165, 1.54) is 18.9 Å². The van der Waals surface area contributed by atoms with E-state index in [0.29, 0.717) is 11.4 Å². The highest BCUT2D eigenvalue weighted by Gasteiger charge is 2.37. The Balaban J connectivity index is 2.04. The molecule has 8 heteroatoms. The van der Waals surface area contributed by atoms with Crippen LogP contribution >= 0.6 is 0 Å². The van der Waals surface area contributed by atoms with Gasteiger partial charge in [0.05, 0.1) is 24.8 Å². The summed E-state index contributed by atoms with van der Waals surface area (Å²) >= 11 is 0. The quantitative estimate of drug-likeness (QED) is 0.575. The number of anilines is 1. The van der Waals surface area contributed by atoms with Crippen LogP contribution in [0.1, 0.15) is 18.9 Å². The molecule has 1 saturated heterocycles. The Morgan fingerprint density at radius 2 is 2.15 bits per heavy atom. The SMILES string of the molecule is COc1ccc(C)cc1N1C[C@@H](C(=O)OCC(=O)[C@H](C#N)C(C)=N)CC1=O. The molecule has 0 bridgehead atoms. The number of methoxy groups -OCH3 is 1. The Morgan fingerprint density at radius 3 is 2.74 bits per heavy atom. The van der Waals surface area contributed by atoms with Crippen LogP contribution in [0.2, 0.25) is 0 Å². The minimum atomic E-state index is -1.23. The topological polar surface area (TPSA) is 121 Å². The number of benzene rings is 1. The first-order chi connectivity index (χ1) is 12.8. The van der Waals surface area contributed by atoms with Gasteiger partial charge in [-0.15, -0.1) is 0 Å². The molecule has 1 aromatic carbocycles. The Bertz CT molecular complexity index is 827. The third kappa shape index (κ3) is 4.50. The van der Waals surface area contributed by atoms with Gasteiger partial charge >= 0.3 is 5.97 Å². The van der Waals surface area contributed by atoms with E-state index in [1.54, 1.807) is 18.2 Å². The molecular formula is C19H21N3O5. The number of amides is 1. The van der Waals surface area contributed by atoms with Crippen LogP contribution in [-0.2, 0) is 19.1 Å². The van der Waals surface area contributed by atoms with Gasteiger partial charge in [0.25, 0.3) is 0 Å². The maximum atomic E-state index is 12.4. The number of carbonyl (C=O) groups is 3. The molecule has 0 unspecified atom stereocenters. The van der Waals surface area contributed by atoms with Crippen LogP contribution in [0.25, 0.3) is 0 Å². The fourth-order valence-corrected chi connectivity index (χ4v) is 2.86. The van der Waals surface area contributed by atoms with Crippen molar-refractivity contribution in [3.05, 3.63) is 23.8 Å². The van der Waals surface area contributed by atoms with Crippen molar-refractivity contribution >= 4 is 29.1 Å². The van der Waals surface area contributed by atoms with Gasteiger partial charge in [0.2, 0.25) is 5.91 Å². The largest absolute Gasteiger partial charge is 0.495 e. The summed E-state index contributed by atoms with van der Waals surface area (Å²) in [5, 5.41) is 16.3. The lowest BCUT2D eigenvalue weighted by Crippen LogP contribution is -2.29. The molecule has 2 atom stereocenters. The molecule has 0 spiro atoms. The van der Waals surface area contributed by atoms with E-state index in [0.717, 1.165) is 5.56 Å². The average molecular weight is 371 g/mol. The average Bonchev–Trinajstić information content (AvgIpc) is 3.01. The first-order valence-corrected chi connectivity index (χ1v) is 8.37. The number of carbonyl (C=O) groups excluding carboxylic acids is 3. The van der Waals surface area contributed by atoms with Crippen molar-refractivity contribution in [2.75, 3.05) is 25.2 Å². The molecule has 0 radical (unpaired) electrons. The Morgan fingerprint density at radius 1 is 1.44 bits per heavy atom. The molecule has 8 nitrogen and oxygen atoms in total. The Kier molecular flexibility index (Phi) is 6.29. The molecule has 0 aliphatic carbocycles. The zero-order chi connectivity index (χ0) is 20.1. The van der Waals surface area contributed by atoms with E-state index in [4.69, 9.17) is 20.1 Å². The second-order valence-corrected chi connectivity index (χ2v) is 6.40. The van der Waals surface area contributed by atoms with Crippen LogP contribution < -0.4 is 9.64 Å². The molecule has 1 amide bonds. The van der Waals surface area contributed by atoms with Crippen molar-refractivity contribution in [3.8, 4) is 11.8 Å². The van der Waals surface area contributed by atoms with Crippen molar-refractivity contribution < 1.29 is 23.9 Å². The lowest BCUT2D eigenvalue weighted by molar-refractivity contribution is -0.152. The predicted molar refractivity (Wildman–Crippen MR) is 96.7 cm³/mol. The van der Waals surface area contributed by atoms with Crippen LogP contribution in [0.15, 0.2) is 18.2 Å². The smallest absolute Gasteiger partial charge is 0.311 e. The number of nitrogens with zero attached hydrogens (tertiary/aromatic N) is 2. The van der Waals surface area contributed by atoms with Crippen LogP contribution in [0.4, 0.5) is 5.69 Å². The molecule has 0 aromatic heterocycles. The normalized spacial score (nSPS) is 17.2. The van der Waals surface area contributed by atoms with Gasteiger partial charge in [-0.05, 0) is 31.5 Å². The zero-order valence-electron chi connectivity index (χ0n) is 15.4. The maximum absolute atomic E-state index is 12.4. The number of esters is 1. The van der Waals surface area contributed by atoms with Crippen LogP contribution in [-0.4, -0.2) is 43.6 Å². The Labute approximate surface area is 157 Å². The monoisotopic (exact) mass is 371 g/mol. The van der Waals surface area contributed by atoms with Crippen molar-refractivity contribution in [1.29, 1.82) is 10.7 Å². The molecule has 0 saturated carbocycles. The predicted octanol–water partition coefficient (Wildman–Crippen LogP) is 1.65. The number of hydrogen-bond donors (Lipinski definition) is 1. The van der Waals surface area contributed by atoms with E-state index < -0.39 is 30.2 Å². The molecular weight excluding hydrogens is 350 g/mol. The minimum Gasteiger partial charge on any atom is -0.495 e. The summed E-state index contributed by atoms with van der Waals surface area (Å²) in [6, 6.07) is 7.12. The Hall–Kier alpha value is -3.21. The van der Waals surface area contributed by atoms with E-state index in [9.17, 15) is 14.4 Å². The minimum absolute atomic E-state index is 0.0323. The summed E-state index contributed by atoms with van der Waals surface area (Å²) in [5.41, 5.74) is 1.42. The van der Waals surface area contributed by atoms with Gasteiger partial charge in [0.15, 0.2) is 12.4 Å². The molecule has 2 rings (SSSR count). The highest BCUT2D eigenvalue weighted by molar-refractivity contribution is 6.06. The van der Waals surface area contributed by atoms with E-state index in [2.05, 4.69) is 0 Å². The molecule has 1 heterocycles. The van der Waals surface area contributed by atoms with Gasteiger partial charge in [-0.2, -0.15) is 5.26 Å². The van der Waals surface area contributed by atoms with Gasteiger partial charge in [-0.3, -0.25) is 14.4 Å². The molecule has 1 aliphatic rings. The third-order valence-corrected chi connectivity index (χ3v) is 4.32. The second kappa shape index (κ2) is 8.45. The van der Waals surface area contributed by atoms with Crippen molar-refractivity contribution in [3.63, 3.8) is 0 Å². The summed E-state index contributed by atoms with van der Waals surface area (Å²) < 4.78 is 10.3. The van der Waals surface area contributed by atoms with Gasteiger partial charge in [-0.25, -0.2) is 0 Å². The van der Waals surface area contributed by atoms with Crippen LogP contribution in [0, 0.1) is 35.5 Å². The van der Waals surface area contributed by atoms with Gasteiger partial charge in [0.1, 0.15) is 11.7 Å². The maximum Gasteiger partial charge on any atom is 0.311 e. The number of aryl methyl sites for hydroxylation is 1. The van der Waals surface area contributed by atoms with Crippen molar-refractivity contribution in [1.82, 2.24) is 0 Å². The molecule has 1 fully saturated rings. The van der Waals surface area contributed by atoms with Crippen LogP contribution in [0.3, 0.4) is 0 Å². The number of rotatable bonds is 7. The number of hydrogen-bond acceptors (Lipinski definition) is 7. The van der Waals surface area contributed by atoms with E-state index in [-0.39, 0.29) is 24.6 Å². The van der Waals surface area contributed by atoms with E-state index >= 15 is 0 Å². The van der Waals surface area contributed by atoms with E-state index in [1.807, 2.05) is 13.0 Å². The number of nitrogens with one attached hydrogen (secondary N) is 1. The van der Waals surface area contributed by atoms with Gasteiger partial charge < -0.3 is 19.8 Å². The third-order valence-electron chi connectivity index (χ3n) is 4.32. The molecule has 1 aromatic rings. The number of ketones is 1. The zero-order valence-corrected chi connectivity index (χ0v) is 15.4. The molecule has 27 heavy (non-hydrogen) atoms. The molecule has 1 aliphatic heterocycles. The highest BCUT2D eigenvalue weighted by Crippen LogP contribution is 2.34. The number of Topliss-reactive ketones (excluding diaryl/α,β-unsaturated/α-hetero) is 1. The first kappa shape index (κ1) is 20.1. The lowest BCUT2D eigenvalue weighted by Gasteiger charge is -2.20. The molecule has 1 N–H and O–H groups in total. The number of nitriles is 1. The molecule has 142 valence electrons. The summed E-state index contributed by atoms with van der Waals surface area (Å²) in [4.78, 5) is 38.0. The summed E-state index contributed by atoms with van der Waals surface area (Å²) in [6.45, 7) is 2.76. The first-order valence-electron chi connectivity index (χ1n) is 8.37.